The number of H-pyrrole nitrogens is 1. The molecule has 5 heteroatoms. The van der Waals surface area contributed by atoms with E-state index in [1.165, 1.54) is 7.11 Å². The predicted octanol–water partition coefficient (Wildman–Crippen LogP) is 2.28. The highest BCUT2D eigenvalue weighted by molar-refractivity contribution is 6.07. The van der Waals surface area contributed by atoms with Crippen LogP contribution in [0.3, 0.4) is 0 Å². The molecule has 0 spiro atoms. The second kappa shape index (κ2) is 4.60. The monoisotopic (exact) mass is 249 g/mol. The number of rotatable bonds is 3. The number of ether oxygens (including phenoxy) is 3. The van der Waals surface area contributed by atoms with Crippen molar-refractivity contribution in [2.45, 2.75) is 6.92 Å². The number of nitrogens with one attached hydrogen (secondary N) is 1. The molecule has 0 radical (unpaired) electrons. The van der Waals surface area contributed by atoms with Crippen molar-refractivity contribution in [2.24, 2.45) is 0 Å². The molecule has 0 aliphatic carbocycles. The summed E-state index contributed by atoms with van der Waals surface area (Å²) < 4.78 is 15.3. The molecule has 1 aromatic carbocycles. The Morgan fingerprint density at radius 1 is 1.17 bits per heavy atom. The second-order valence-electron chi connectivity index (χ2n) is 3.87. The lowest BCUT2D eigenvalue weighted by Gasteiger charge is -2.06. The minimum atomic E-state index is -0.381. The van der Waals surface area contributed by atoms with Crippen molar-refractivity contribution in [2.75, 3.05) is 21.3 Å². The van der Waals surface area contributed by atoms with E-state index in [4.69, 9.17) is 14.2 Å². The highest BCUT2D eigenvalue weighted by Crippen LogP contribution is 2.34. The van der Waals surface area contributed by atoms with Gasteiger partial charge in [-0.3, -0.25) is 0 Å². The van der Waals surface area contributed by atoms with Crippen LogP contribution in [-0.4, -0.2) is 32.3 Å². The third kappa shape index (κ3) is 1.77. The van der Waals surface area contributed by atoms with E-state index in [1.54, 1.807) is 26.4 Å². The van der Waals surface area contributed by atoms with E-state index >= 15 is 0 Å². The zero-order valence-corrected chi connectivity index (χ0v) is 10.8. The largest absolute Gasteiger partial charge is 0.497 e. The van der Waals surface area contributed by atoms with Crippen LogP contribution in [0.25, 0.3) is 10.9 Å². The number of esters is 1. The fourth-order valence-corrected chi connectivity index (χ4v) is 2.01. The van der Waals surface area contributed by atoms with Crippen LogP contribution in [0.1, 0.15) is 16.1 Å². The molecular formula is C13H15NO4. The molecule has 2 aromatic rings. The summed E-state index contributed by atoms with van der Waals surface area (Å²) in [7, 11) is 4.50. The number of hydrogen-bond donors (Lipinski definition) is 1. The van der Waals surface area contributed by atoms with Gasteiger partial charge in [0.2, 0.25) is 0 Å². The Bertz CT molecular complexity index is 601. The van der Waals surface area contributed by atoms with Crippen molar-refractivity contribution in [3.8, 4) is 11.5 Å². The SMILES string of the molecule is COC(=O)c1c(C)[nH]c2c(OC)cc(OC)cc12. The van der Waals surface area contributed by atoms with E-state index in [9.17, 15) is 4.79 Å². The van der Waals surface area contributed by atoms with Crippen molar-refractivity contribution in [1.82, 2.24) is 4.98 Å². The number of fused-ring (bicyclic) bond motifs is 1. The van der Waals surface area contributed by atoms with Crippen molar-refractivity contribution in [3.05, 3.63) is 23.4 Å². The summed E-state index contributed by atoms with van der Waals surface area (Å²) in [6, 6.07) is 3.55. The van der Waals surface area contributed by atoms with Gasteiger partial charge >= 0.3 is 5.97 Å². The molecule has 0 fully saturated rings. The van der Waals surface area contributed by atoms with Gasteiger partial charge in [-0.05, 0) is 13.0 Å². The van der Waals surface area contributed by atoms with Gasteiger partial charge in [0.25, 0.3) is 0 Å². The number of aryl methyl sites for hydroxylation is 1. The van der Waals surface area contributed by atoms with E-state index in [2.05, 4.69) is 4.98 Å². The first-order valence-corrected chi connectivity index (χ1v) is 5.45. The Balaban J connectivity index is 2.79. The Morgan fingerprint density at radius 2 is 1.89 bits per heavy atom. The summed E-state index contributed by atoms with van der Waals surface area (Å²) in [6.45, 7) is 1.82. The maximum atomic E-state index is 11.8. The van der Waals surface area contributed by atoms with Gasteiger partial charge in [-0.15, -0.1) is 0 Å². The van der Waals surface area contributed by atoms with Crippen LogP contribution in [0, 0.1) is 6.92 Å². The fraction of sp³-hybridized carbons (Fsp3) is 0.308. The molecule has 0 unspecified atom stereocenters. The Kier molecular flexibility index (Phi) is 3.14. The maximum absolute atomic E-state index is 11.8. The molecule has 5 nitrogen and oxygen atoms in total. The topological polar surface area (TPSA) is 60.6 Å². The molecule has 0 saturated heterocycles. The molecule has 0 amide bonds. The van der Waals surface area contributed by atoms with Gasteiger partial charge in [0.15, 0.2) is 0 Å². The minimum absolute atomic E-state index is 0.381. The van der Waals surface area contributed by atoms with Crippen molar-refractivity contribution >= 4 is 16.9 Å². The number of aromatic amines is 1. The second-order valence-corrected chi connectivity index (χ2v) is 3.87. The van der Waals surface area contributed by atoms with Crippen LogP contribution in [-0.2, 0) is 4.74 Å². The zero-order valence-electron chi connectivity index (χ0n) is 10.8. The average Bonchev–Trinajstić information content (AvgIpc) is 2.72. The molecule has 0 aliphatic heterocycles. The lowest BCUT2D eigenvalue weighted by atomic mass is 10.1. The smallest absolute Gasteiger partial charge is 0.340 e. The summed E-state index contributed by atoms with van der Waals surface area (Å²) in [4.78, 5) is 14.9. The first kappa shape index (κ1) is 12.3. The summed E-state index contributed by atoms with van der Waals surface area (Å²) in [6.07, 6.45) is 0. The van der Waals surface area contributed by atoms with E-state index in [0.29, 0.717) is 17.1 Å². The molecule has 1 N–H and O–H groups in total. The van der Waals surface area contributed by atoms with Crippen LogP contribution in [0.2, 0.25) is 0 Å². The highest BCUT2D eigenvalue weighted by atomic mass is 16.5. The first-order valence-electron chi connectivity index (χ1n) is 5.45. The Morgan fingerprint density at radius 3 is 2.44 bits per heavy atom. The van der Waals surface area contributed by atoms with Gasteiger partial charge in [0, 0.05) is 17.1 Å². The zero-order chi connectivity index (χ0) is 13.3. The molecular weight excluding hydrogens is 234 g/mol. The number of carbonyl (C=O) groups excluding carboxylic acids is 1. The minimum Gasteiger partial charge on any atom is -0.497 e. The van der Waals surface area contributed by atoms with E-state index in [-0.39, 0.29) is 5.97 Å². The highest BCUT2D eigenvalue weighted by Gasteiger charge is 2.19. The fourth-order valence-electron chi connectivity index (χ4n) is 2.01. The molecule has 1 heterocycles. The summed E-state index contributed by atoms with van der Waals surface area (Å²) in [5, 5.41) is 0.732. The van der Waals surface area contributed by atoms with E-state index < -0.39 is 0 Å². The predicted molar refractivity (Wildman–Crippen MR) is 67.5 cm³/mol. The number of aromatic nitrogens is 1. The molecule has 2 rings (SSSR count). The van der Waals surface area contributed by atoms with Gasteiger partial charge < -0.3 is 19.2 Å². The average molecular weight is 249 g/mol. The Labute approximate surface area is 105 Å². The molecule has 96 valence electrons. The molecule has 18 heavy (non-hydrogen) atoms. The standard InChI is InChI=1S/C13H15NO4/c1-7-11(13(15)18-4)9-5-8(16-2)6-10(17-3)12(9)14-7/h5-6,14H,1-4H3. The van der Waals surface area contributed by atoms with Crippen LogP contribution in [0.15, 0.2) is 12.1 Å². The van der Waals surface area contributed by atoms with Crippen molar-refractivity contribution in [1.29, 1.82) is 0 Å². The molecule has 1 aromatic heterocycles. The number of carbonyl (C=O) groups is 1. The van der Waals surface area contributed by atoms with Crippen molar-refractivity contribution in [3.63, 3.8) is 0 Å². The number of methoxy groups -OCH3 is 3. The number of hydrogen-bond acceptors (Lipinski definition) is 4. The van der Waals surface area contributed by atoms with E-state index in [0.717, 1.165) is 16.6 Å². The van der Waals surface area contributed by atoms with Crippen LogP contribution in [0.5, 0.6) is 11.5 Å². The van der Waals surface area contributed by atoms with Gasteiger partial charge in [0.05, 0.1) is 32.4 Å². The molecule has 0 bridgehead atoms. The third-order valence-electron chi connectivity index (χ3n) is 2.88. The van der Waals surface area contributed by atoms with Gasteiger partial charge in [-0.1, -0.05) is 0 Å². The van der Waals surface area contributed by atoms with Crippen LogP contribution >= 0.6 is 0 Å². The van der Waals surface area contributed by atoms with Crippen LogP contribution in [0.4, 0.5) is 0 Å². The molecule has 0 saturated carbocycles. The maximum Gasteiger partial charge on any atom is 0.340 e. The van der Waals surface area contributed by atoms with Crippen molar-refractivity contribution < 1.29 is 19.0 Å². The molecule has 0 atom stereocenters. The lowest BCUT2D eigenvalue weighted by Crippen LogP contribution is -2.02. The summed E-state index contributed by atoms with van der Waals surface area (Å²) >= 11 is 0. The van der Waals surface area contributed by atoms with E-state index in [1.807, 2.05) is 6.92 Å². The van der Waals surface area contributed by atoms with Gasteiger partial charge in [0.1, 0.15) is 11.5 Å². The summed E-state index contributed by atoms with van der Waals surface area (Å²) in [5.41, 5.74) is 2.00. The third-order valence-corrected chi connectivity index (χ3v) is 2.88. The van der Waals surface area contributed by atoms with Gasteiger partial charge in [-0.2, -0.15) is 0 Å². The van der Waals surface area contributed by atoms with Crippen LogP contribution < -0.4 is 9.47 Å². The van der Waals surface area contributed by atoms with Gasteiger partial charge in [-0.25, -0.2) is 4.79 Å². The normalized spacial score (nSPS) is 10.4. The summed E-state index contributed by atoms with van der Waals surface area (Å²) in [5.74, 6) is 0.875. The Hall–Kier alpha value is -2.17. The number of benzene rings is 1. The molecule has 0 aliphatic rings. The quantitative estimate of drug-likeness (QED) is 0.848. The first-order chi connectivity index (χ1) is 8.62. The lowest BCUT2D eigenvalue weighted by molar-refractivity contribution is 0.0602.